The zero-order valence-corrected chi connectivity index (χ0v) is 11.4. The van der Waals surface area contributed by atoms with Crippen molar-refractivity contribution in [2.45, 2.75) is 18.9 Å². The number of hydrogen-bond acceptors (Lipinski definition) is 1. The largest absolute Gasteiger partial charge is 0.365 e. The van der Waals surface area contributed by atoms with Gasteiger partial charge in [-0.2, -0.15) is 0 Å². The molecule has 0 amide bonds. The molecule has 1 heterocycles. The highest BCUT2D eigenvalue weighted by molar-refractivity contribution is 7.66. The third-order valence-corrected chi connectivity index (χ3v) is 6.13. The van der Waals surface area contributed by atoms with E-state index >= 15 is 0 Å². The highest BCUT2D eigenvalue weighted by Crippen LogP contribution is 2.56. The monoisotopic (exact) mass is 256 g/mol. The van der Waals surface area contributed by atoms with Gasteiger partial charge in [0.05, 0.1) is 6.10 Å². The molecule has 0 unspecified atom stereocenters. The van der Waals surface area contributed by atoms with Gasteiger partial charge in [-0.15, -0.1) is 0 Å². The van der Waals surface area contributed by atoms with Crippen LogP contribution in [0.1, 0.15) is 18.3 Å². The van der Waals surface area contributed by atoms with Gasteiger partial charge in [0.25, 0.3) is 0 Å². The van der Waals surface area contributed by atoms with E-state index in [1.807, 2.05) is 0 Å². The van der Waals surface area contributed by atoms with Gasteiger partial charge >= 0.3 is 0 Å². The molecule has 3 rings (SSSR count). The molecule has 18 heavy (non-hydrogen) atoms. The van der Waals surface area contributed by atoms with Gasteiger partial charge in [0.1, 0.15) is 5.85 Å². The average molecular weight is 256 g/mol. The molecule has 2 aromatic rings. The van der Waals surface area contributed by atoms with E-state index in [1.165, 1.54) is 17.0 Å². The van der Waals surface area contributed by atoms with Gasteiger partial charge < -0.3 is 4.74 Å². The highest BCUT2D eigenvalue weighted by Gasteiger charge is 2.34. The van der Waals surface area contributed by atoms with E-state index in [0.717, 1.165) is 0 Å². The minimum Gasteiger partial charge on any atom is -0.365 e. The van der Waals surface area contributed by atoms with Gasteiger partial charge in [-0.25, -0.2) is 0 Å². The molecule has 0 aliphatic carbocycles. The summed E-state index contributed by atoms with van der Waals surface area (Å²) in [5.74, 6) is 0.263. The molecule has 3 atom stereocenters. The molecule has 1 saturated heterocycles. The number of ether oxygens (including phenoxy) is 1. The topological polar surface area (TPSA) is 9.23 Å². The first kappa shape index (κ1) is 11.9. The molecule has 0 spiro atoms. The zero-order valence-electron chi connectivity index (χ0n) is 10.5. The fraction of sp³-hybridized carbons (Fsp3) is 0.250. The summed E-state index contributed by atoms with van der Waals surface area (Å²) in [5, 5.41) is 1.45. The van der Waals surface area contributed by atoms with Crippen LogP contribution < -0.4 is 5.30 Å². The summed E-state index contributed by atoms with van der Waals surface area (Å²) in [6.45, 7) is 2.18. The summed E-state index contributed by atoms with van der Waals surface area (Å²) in [6, 6.07) is 21.4. The molecule has 1 aliphatic rings. The Balaban J connectivity index is 1.93. The third kappa shape index (κ3) is 2.34. The van der Waals surface area contributed by atoms with Crippen LogP contribution in [0.15, 0.2) is 60.7 Å². The Bertz CT molecular complexity index is 450. The van der Waals surface area contributed by atoms with Crippen molar-refractivity contribution in [3.63, 3.8) is 0 Å². The van der Waals surface area contributed by atoms with Crippen molar-refractivity contribution < 1.29 is 4.74 Å². The minimum absolute atomic E-state index is 0.242. The van der Waals surface area contributed by atoms with Crippen LogP contribution in [0, 0.1) is 0 Å². The van der Waals surface area contributed by atoms with E-state index in [9.17, 15) is 0 Å². The molecule has 92 valence electrons. The second kappa shape index (κ2) is 5.22. The van der Waals surface area contributed by atoms with E-state index in [1.54, 1.807) is 0 Å². The Morgan fingerprint density at radius 2 is 1.56 bits per heavy atom. The first-order chi connectivity index (χ1) is 8.84. The van der Waals surface area contributed by atoms with E-state index in [-0.39, 0.29) is 13.8 Å². The molecule has 1 aliphatic heterocycles. The fourth-order valence-electron chi connectivity index (χ4n) is 2.45. The lowest BCUT2D eigenvalue weighted by Gasteiger charge is -2.19. The molecule has 2 aromatic carbocycles. The summed E-state index contributed by atoms with van der Waals surface area (Å²) in [5.41, 5.74) is 1.32. The maximum atomic E-state index is 6.14. The Hall–Kier alpha value is -1.17. The Morgan fingerprint density at radius 3 is 2.22 bits per heavy atom. The molecule has 0 radical (unpaired) electrons. The predicted octanol–water partition coefficient (Wildman–Crippen LogP) is 3.91. The third-order valence-electron chi connectivity index (χ3n) is 3.27. The molecule has 1 fully saturated rings. The molecular formula is C16H17OP. The van der Waals surface area contributed by atoms with Crippen LogP contribution in [-0.2, 0) is 4.74 Å². The summed E-state index contributed by atoms with van der Waals surface area (Å²) in [4.78, 5) is 0. The summed E-state index contributed by atoms with van der Waals surface area (Å²) in [6.07, 6.45) is 1.53. The fourth-order valence-corrected chi connectivity index (χ4v) is 5.20. The van der Waals surface area contributed by atoms with E-state index in [4.69, 9.17) is 4.74 Å². The summed E-state index contributed by atoms with van der Waals surface area (Å²) in [7, 11) is -0.242. The number of hydrogen-bond donors (Lipinski definition) is 0. The molecule has 0 saturated carbocycles. The van der Waals surface area contributed by atoms with Gasteiger partial charge in [-0.05, 0) is 25.7 Å². The minimum atomic E-state index is -0.242. The SMILES string of the molecule is C[C@@H]1C[P@@](c2ccccc2)[C@H](c2ccccc2)O1. The predicted molar refractivity (Wildman–Crippen MR) is 77.6 cm³/mol. The van der Waals surface area contributed by atoms with Crippen molar-refractivity contribution in [3.8, 4) is 0 Å². The lowest BCUT2D eigenvalue weighted by atomic mass is 10.2. The first-order valence-corrected chi connectivity index (χ1v) is 7.96. The molecule has 2 heteroatoms. The van der Waals surface area contributed by atoms with Crippen LogP contribution in [0.3, 0.4) is 0 Å². The smallest absolute Gasteiger partial charge is 0.106 e. The molecule has 0 N–H and O–H groups in total. The van der Waals surface area contributed by atoms with Crippen LogP contribution in [0.2, 0.25) is 0 Å². The molecule has 0 aromatic heterocycles. The van der Waals surface area contributed by atoms with Crippen molar-refractivity contribution in [1.82, 2.24) is 0 Å². The number of rotatable bonds is 2. The second-order valence-electron chi connectivity index (χ2n) is 4.70. The average Bonchev–Trinajstić information content (AvgIpc) is 2.83. The number of benzene rings is 2. The maximum Gasteiger partial charge on any atom is 0.106 e. The Morgan fingerprint density at radius 1 is 0.944 bits per heavy atom. The van der Waals surface area contributed by atoms with Crippen LogP contribution in [0.4, 0.5) is 0 Å². The van der Waals surface area contributed by atoms with Gasteiger partial charge in [0, 0.05) is 6.16 Å². The van der Waals surface area contributed by atoms with Gasteiger partial charge in [-0.1, -0.05) is 60.7 Å². The van der Waals surface area contributed by atoms with E-state index in [2.05, 4.69) is 67.6 Å². The summed E-state index contributed by atoms with van der Waals surface area (Å²) < 4.78 is 6.14. The summed E-state index contributed by atoms with van der Waals surface area (Å²) >= 11 is 0. The van der Waals surface area contributed by atoms with Gasteiger partial charge in [0.2, 0.25) is 0 Å². The zero-order chi connectivity index (χ0) is 12.4. The van der Waals surface area contributed by atoms with Crippen LogP contribution in [0.25, 0.3) is 0 Å². The lowest BCUT2D eigenvalue weighted by Crippen LogP contribution is -2.05. The van der Waals surface area contributed by atoms with Crippen molar-refractivity contribution in [1.29, 1.82) is 0 Å². The maximum absolute atomic E-state index is 6.14. The highest BCUT2D eigenvalue weighted by atomic mass is 31.1. The van der Waals surface area contributed by atoms with Crippen molar-refractivity contribution in [2.75, 3.05) is 6.16 Å². The first-order valence-electron chi connectivity index (χ1n) is 6.37. The lowest BCUT2D eigenvalue weighted by molar-refractivity contribution is 0.0778. The normalized spacial score (nSPS) is 27.3. The van der Waals surface area contributed by atoms with E-state index in [0.29, 0.717) is 6.10 Å². The van der Waals surface area contributed by atoms with Crippen LogP contribution in [0.5, 0.6) is 0 Å². The molecule has 1 nitrogen and oxygen atoms in total. The van der Waals surface area contributed by atoms with Crippen molar-refractivity contribution in [3.05, 3.63) is 66.2 Å². The quantitative estimate of drug-likeness (QED) is 0.740. The van der Waals surface area contributed by atoms with Crippen LogP contribution in [-0.4, -0.2) is 12.3 Å². The van der Waals surface area contributed by atoms with Gasteiger partial charge in [0.15, 0.2) is 0 Å². The van der Waals surface area contributed by atoms with E-state index < -0.39 is 0 Å². The van der Waals surface area contributed by atoms with Crippen LogP contribution >= 0.6 is 7.92 Å². The standard InChI is InChI=1S/C16H17OP/c1-13-12-18(15-10-6-3-7-11-15)16(17-13)14-8-4-2-5-9-14/h2-11,13,16H,12H2,1H3/t13-,16-,18+/m1/s1. The molecule has 0 bridgehead atoms. The molecular weight excluding hydrogens is 239 g/mol. The van der Waals surface area contributed by atoms with Crippen molar-refractivity contribution in [2.24, 2.45) is 0 Å². The van der Waals surface area contributed by atoms with Crippen molar-refractivity contribution >= 4 is 13.2 Å². The Kier molecular flexibility index (Phi) is 3.45. The second-order valence-corrected chi connectivity index (χ2v) is 6.99. The van der Waals surface area contributed by atoms with Gasteiger partial charge in [-0.3, -0.25) is 0 Å². The Labute approximate surface area is 110 Å².